The van der Waals surface area contributed by atoms with Crippen molar-refractivity contribution in [1.29, 1.82) is 0 Å². The van der Waals surface area contributed by atoms with E-state index in [1.807, 2.05) is 0 Å². The van der Waals surface area contributed by atoms with Gasteiger partial charge < -0.3 is 9.47 Å². The van der Waals surface area contributed by atoms with Gasteiger partial charge in [0.1, 0.15) is 6.10 Å². The van der Waals surface area contributed by atoms with Crippen LogP contribution in [0.1, 0.15) is 19.8 Å². The van der Waals surface area contributed by atoms with Crippen LogP contribution in [0.15, 0.2) is 24.3 Å². The lowest BCUT2D eigenvalue weighted by atomic mass is 9.98. The Morgan fingerprint density at radius 3 is 2.93 bits per heavy atom. The molecule has 2 nitrogen and oxygen atoms in total. The highest BCUT2D eigenvalue weighted by atomic mass is 16.6. The van der Waals surface area contributed by atoms with Crippen molar-refractivity contribution in [3.05, 3.63) is 24.3 Å². The topological polar surface area (TPSA) is 21.8 Å². The molecular weight excluding hydrogens is 176 g/mol. The van der Waals surface area contributed by atoms with Crippen molar-refractivity contribution >= 4 is 0 Å². The lowest BCUT2D eigenvalue weighted by Gasteiger charge is -2.12. The number of rotatable bonds is 5. The molecule has 2 aliphatic rings. The van der Waals surface area contributed by atoms with Gasteiger partial charge in [0.05, 0.1) is 12.7 Å². The molecule has 3 unspecified atom stereocenters. The minimum atomic E-state index is 0.372. The predicted octanol–water partition coefficient (Wildman–Crippen LogP) is 2.31. The van der Waals surface area contributed by atoms with E-state index in [1.165, 1.54) is 0 Å². The van der Waals surface area contributed by atoms with E-state index in [4.69, 9.17) is 9.47 Å². The van der Waals surface area contributed by atoms with Gasteiger partial charge in [0.25, 0.3) is 0 Å². The van der Waals surface area contributed by atoms with Gasteiger partial charge in [-0.25, -0.2) is 0 Å². The zero-order valence-electron chi connectivity index (χ0n) is 8.69. The number of epoxide rings is 1. The Bertz CT molecular complexity index is 232. The van der Waals surface area contributed by atoms with Crippen LogP contribution in [0, 0.1) is 5.92 Å². The predicted molar refractivity (Wildman–Crippen MR) is 56.2 cm³/mol. The van der Waals surface area contributed by atoms with Gasteiger partial charge >= 0.3 is 0 Å². The molecular formula is C12H18O2. The van der Waals surface area contributed by atoms with Crippen LogP contribution in [0.3, 0.4) is 0 Å². The third-order valence-corrected chi connectivity index (χ3v) is 2.82. The van der Waals surface area contributed by atoms with Crippen molar-refractivity contribution in [2.24, 2.45) is 5.92 Å². The van der Waals surface area contributed by atoms with Gasteiger partial charge in [0.2, 0.25) is 0 Å². The lowest BCUT2D eigenvalue weighted by Crippen LogP contribution is -2.08. The van der Waals surface area contributed by atoms with Crippen LogP contribution in [-0.2, 0) is 9.47 Å². The summed E-state index contributed by atoms with van der Waals surface area (Å²) in [6.07, 6.45) is 11.8. The Kier molecular flexibility index (Phi) is 3.38. The number of hydrogen-bond donors (Lipinski definition) is 0. The van der Waals surface area contributed by atoms with E-state index in [2.05, 4.69) is 31.2 Å². The summed E-state index contributed by atoms with van der Waals surface area (Å²) < 4.78 is 10.8. The van der Waals surface area contributed by atoms with Gasteiger partial charge in [-0.15, -0.1) is 0 Å². The molecule has 1 heterocycles. The highest BCUT2D eigenvalue weighted by Crippen LogP contribution is 2.21. The van der Waals surface area contributed by atoms with Gasteiger partial charge in [-0.2, -0.15) is 0 Å². The average Bonchev–Trinajstić information content (AvgIpc) is 2.91. The molecule has 3 atom stereocenters. The normalized spacial score (nSPS) is 34.8. The van der Waals surface area contributed by atoms with Crippen LogP contribution in [0.2, 0.25) is 0 Å². The summed E-state index contributed by atoms with van der Waals surface area (Å²) in [6, 6.07) is 0. The van der Waals surface area contributed by atoms with Gasteiger partial charge in [-0.3, -0.25) is 0 Å². The largest absolute Gasteiger partial charge is 0.379 e. The van der Waals surface area contributed by atoms with E-state index in [0.29, 0.717) is 18.1 Å². The van der Waals surface area contributed by atoms with Gasteiger partial charge in [0.15, 0.2) is 0 Å². The molecule has 0 aromatic heterocycles. The van der Waals surface area contributed by atoms with Crippen LogP contribution >= 0.6 is 0 Å². The molecule has 1 aliphatic heterocycles. The van der Waals surface area contributed by atoms with Crippen molar-refractivity contribution in [2.75, 3.05) is 13.2 Å². The summed E-state index contributed by atoms with van der Waals surface area (Å²) in [5.74, 6) is 0.678. The van der Waals surface area contributed by atoms with Crippen LogP contribution in [0.25, 0.3) is 0 Å². The highest BCUT2D eigenvalue weighted by Gasteiger charge is 2.33. The molecule has 2 heteroatoms. The molecule has 0 aromatic rings. The first-order valence-corrected chi connectivity index (χ1v) is 5.43. The van der Waals surface area contributed by atoms with Crippen LogP contribution in [0.5, 0.6) is 0 Å². The summed E-state index contributed by atoms with van der Waals surface area (Å²) in [4.78, 5) is 0. The van der Waals surface area contributed by atoms with Crippen molar-refractivity contribution in [1.82, 2.24) is 0 Å². The quantitative estimate of drug-likeness (QED) is 0.495. The maximum Gasteiger partial charge on any atom is 0.107 e. The van der Waals surface area contributed by atoms with E-state index in [-0.39, 0.29) is 0 Å². The Morgan fingerprint density at radius 1 is 1.43 bits per heavy atom. The molecule has 0 amide bonds. The zero-order chi connectivity index (χ0) is 9.80. The molecule has 78 valence electrons. The molecule has 0 radical (unpaired) electrons. The van der Waals surface area contributed by atoms with Gasteiger partial charge in [0, 0.05) is 6.61 Å². The third-order valence-electron chi connectivity index (χ3n) is 2.82. The second-order valence-corrected chi connectivity index (χ2v) is 4.05. The standard InChI is InChI=1S/C12H18O2/c1-10-12(14-10)9-13-8-7-11-5-3-2-4-6-11/h2-5,10-12H,6-9H2,1H3. The minimum Gasteiger partial charge on any atom is -0.379 e. The molecule has 0 saturated carbocycles. The SMILES string of the molecule is CC1OC1COCCC1C=CC=CC1. The molecule has 14 heavy (non-hydrogen) atoms. The van der Waals surface area contributed by atoms with Crippen molar-refractivity contribution < 1.29 is 9.47 Å². The molecule has 1 aliphatic carbocycles. The van der Waals surface area contributed by atoms with Gasteiger partial charge in [-0.05, 0) is 25.7 Å². The lowest BCUT2D eigenvalue weighted by molar-refractivity contribution is 0.108. The summed E-state index contributed by atoms with van der Waals surface area (Å²) >= 11 is 0. The summed E-state index contributed by atoms with van der Waals surface area (Å²) in [7, 11) is 0. The van der Waals surface area contributed by atoms with E-state index in [0.717, 1.165) is 26.1 Å². The van der Waals surface area contributed by atoms with Crippen molar-refractivity contribution in [2.45, 2.75) is 32.0 Å². The molecule has 2 rings (SSSR count). The van der Waals surface area contributed by atoms with E-state index < -0.39 is 0 Å². The molecule has 0 bridgehead atoms. The second kappa shape index (κ2) is 4.76. The van der Waals surface area contributed by atoms with Crippen molar-refractivity contribution in [3.63, 3.8) is 0 Å². The second-order valence-electron chi connectivity index (χ2n) is 4.05. The Hall–Kier alpha value is -0.600. The molecule has 1 saturated heterocycles. The first-order valence-electron chi connectivity index (χ1n) is 5.43. The third kappa shape index (κ3) is 2.96. The monoisotopic (exact) mass is 194 g/mol. The summed E-state index contributed by atoms with van der Waals surface area (Å²) in [5, 5.41) is 0. The zero-order valence-corrected chi connectivity index (χ0v) is 8.69. The number of hydrogen-bond acceptors (Lipinski definition) is 2. The molecule has 0 N–H and O–H groups in total. The molecule has 1 fully saturated rings. The van der Waals surface area contributed by atoms with Gasteiger partial charge in [-0.1, -0.05) is 24.3 Å². The maximum absolute atomic E-state index is 5.55. The number of allylic oxidation sites excluding steroid dienone is 4. The Labute approximate surface area is 85.6 Å². The van der Waals surface area contributed by atoms with E-state index in [9.17, 15) is 0 Å². The minimum absolute atomic E-state index is 0.372. The fraction of sp³-hybridized carbons (Fsp3) is 0.667. The average molecular weight is 194 g/mol. The molecule has 0 aromatic carbocycles. The van der Waals surface area contributed by atoms with E-state index in [1.54, 1.807) is 0 Å². The van der Waals surface area contributed by atoms with Crippen LogP contribution < -0.4 is 0 Å². The Morgan fingerprint density at radius 2 is 2.29 bits per heavy atom. The summed E-state index contributed by atoms with van der Waals surface area (Å²) in [6.45, 7) is 3.71. The first kappa shape index (κ1) is 9.94. The smallest absolute Gasteiger partial charge is 0.107 e. The fourth-order valence-corrected chi connectivity index (χ4v) is 1.69. The molecule has 0 spiro atoms. The Balaban J connectivity index is 1.50. The number of ether oxygens (including phenoxy) is 2. The van der Waals surface area contributed by atoms with E-state index >= 15 is 0 Å². The van der Waals surface area contributed by atoms with Crippen LogP contribution in [0.4, 0.5) is 0 Å². The van der Waals surface area contributed by atoms with Crippen LogP contribution in [-0.4, -0.2) is 25.4 Å². The van der Waals surface area contributed by atoms with Crippen molar-refractivity contribution in [3.8, 4) is 0 Å². The highest BCUT2D eigenvalue weighted by molar-refractivity contribution is 5.10. The maximum atomic E-state index is 5.55. The fourth-order valence-electron chi connectivity index (χ4n) is 1.69. The first-order chi connectivity index (χ1) is 6.86. The summed E-state index contributed by atoms with van der Waals surface area (Å²) in [5.41, 5.74) is 0.